The molecule has 0 bridgehead atoms. The van der Waals surface area contributed by atoms with Gasteiger partial charge in [-0.05, 0) is 12.3 Å². The van der Waals surface area contributed by atoms with E-state index in [-0.39, 0.29) is 6.61 Å². The lowest BCUT2D eigenvalue weighted by Crippen LogP contribution is -2.12. The zero-order valence-corrected chi connectivity index (χ0v) is 9.50. The van der Waals surface area contributed by atoms with Crippen molar-refractivity contribution in [2.75, 3.05) is 6.61 Å². The highest BCUT2D eigenvalue weighted by Gasteiger charge is 2.07. The van der Waals surface area contributed by atoms with E-state index in [1.165, 1.54) is 0 Å². The van der Waals surface area contributed by atoms with Crippen molar-refractivity contribution in [3.05, 3.63) is 20.2 Å². The Kier molecular flexibility index (Phi) is 12.1. The first-order valence-corrected chi connectivity index (χ1v) is 5.04. The van der Waals surface area contributed by atoms with E-state index in [0.717, 1.165) is 25.7 Å². The third kappa shape index (κ3) is 18.2. The van der Waals surface area contributed by atoms with Gasteiger partial charge in [-0.25, -0.2) is 0 Å². The SMILES string of the molecule is CCCCC(CC)CO[N+](=O)[O-].O=[N+]([O-])O. The van der Waals surface area contributed by atoms with E-state index in [9.17, 15) is 10.1 Å². The lowest BCUT2D eigenvalue weighted by molar-refractivity contribution is -0.759. The molecule has 0 aliphatic rings. The number of rotatable bonds is 7. The molecule has 0 spiro atoms. The minimum atomic E-state index is -1.50. The molecule has 96 valence electrons. The average Bonchev–Trinajstić information content (AvgIpc) is 2.17. The van der Waals surface area contributed by atoms with Crippen LogP contribution in [0.3, 0.4) is 0 Å². The van der Waals surface area contributed by atoms with Gasteiger partial charge in [-0.2, -0.15) is 0 Å². The molecule has 1 atom stereocenters. The van der Waals surface area contributed by atoms with Crippen molar-refractivity contribution in [1.82, 2.24) is 0 Å². The Balaban J connectivity index is 0. The van der Waals surface area contributed by atoms with E-state index in [0.29, 0.717) is 5.92 Å². The van der Waals surface area contributed by atoms with Gasteiger partial charge in [-0.3, -0.25) is 0 Å². The number of nitrogens with zero attached hydrogens (tertiary/aromatic N) is 2. The predicted molar refractivity (Wildman–Crippen MR) is 55.0 cm³/mol. The first-order valence-electron chi connectivity index (χ1n) is 5.04. The molecule has 1 N–H and O–H groups in total. The van der Waals surface area contributed by atoms with Crippen molar-refractivity contribution >= 4 is 0 Å². The molecule has 0 aromatic carbocycles. The van der Waals surface area contributed by atoms with Gasteiger partial charge in [0.15, 0.2) is 0 Å². The van der Waals surface area contributed by atoms with Gasteiger partial charge in [0.05, 0.1) is 6.61 Å². The maximum Gasteiger partial charge on any atom is 0.294 e. The maximum absolute atomic E-state index is 9.88. The van der Waals surface area contributed by atoms with E-state index in [1.54, 1.807) is 0 Å². The molecular weight excluding hydrogens is 220 g/mol. The summed E-state index contributed by atoms with van der Waals surface area (Å²) in [4.78, 5) is 22.6. The fourth-order valence-corrected chi connectivity index (χ4v) is 1.06. The van der Waals surface area contributed by atoms with Crippen LogP contribution in [0.1, 0.15) is 39.5 Å². The Bertz CT molecular complexity index is 195. The molecule has 0 heterocycles. The smallest absolute Gasteiger partial charge is 0.294 e. The summed E-state index contributed by atoms with van der Waals surface area (Å²) >= 11 is 0. The number of hydrogen-bond acceptors (Lipinski definition) is 5. The van der Waals surface area contributed by atoms with Crippen LogP contribution in [0.5, 0.6) is 0 Å². The van der Waals surface area contributed by atoms with Crippen molar-refractivity contribution in [2.24, 2.45) is 5.92 Å². The van der Waals surface area contributed by atoms with E-state index in [4.69, 9.17) is 15.3 Å². The van der Waals surface area contributed by atoms with Crippen molar-refractivity contribution in [3.8, 4) is 0 Å². The van der Waals surface area contributed by atoms with Crippen LogP contribution in [0.2, 0.25) is 0 Å². The van der Waals surface area contributed by atoms with Crippen LogP contribution in [0.15, 0.2) is 0 Å². The lowest BCUT2D eigenvalue weighted by atomic mass is 10.0. The van der Waals surface area contributed by atoms with E-state index in [1.807, 2.05) is 6.92 Å². The molecule has 0 radical (unpaired) electrons. The summed E-state index contributed by atoms with van der Waals surface area (Å²) in [5, 5.41) is 22.8. The zero-order valence-electron chi connectivity index (χ0n) is 9.50. The van der Waals surface area contributed by atoms with E-state index in [2.05, 4.69) is 11.8 Å². The molecule has 0 saturated heterocycles. The molecule has 0 saturated carbocycles. The molecule has 8 heteroatoms. The summed E-state index contributed by atoms with van der Waals surface area (Å²) in [7, 11) is 0. The molecule has 0 fully saturated rings. The maximum atomic E-state index is 9.88. The Labute approximate surface area is 93.4 Å². The average molecular weight is 238 g/mol. The van der Waals surface area contributed by atoms with Gasteiger partial charge < -0.3 is 10.0 Å². The fraction of sp³-hybridized carbons (Fsp3) is 1.00. The Morgan fingerprint density at radius 1 is 1.31 bits per heavy atom. The summed E-state index contributed by atoms with van der Waals surface area (Å²) in [6.07, 6.45) is 4.24. The summed E-state index contributed by atoms with van der Waals surface area (Å²) < 4.78 is 0. The van der Waals surface area contributed by atoms with E-state index < -0.39 is 10.2 Å². The topological polar surface area (TPSA) is 116 Å². The third-order valence-electron chi connectivity index (χ3n) is 1.96. The molecule has 0 aromatic heterocycles. The first kappa shape index (κ1) is 16.8. The normalized spacial score (nSPS) is 10.9. The summed E-state index contributed by atoms with van der Waals surface area (Å²) in [5.41, 5.74) is 0. The highest BCUT2D eigenvalue weighted by atomic mass is 16.9. The molecule has 1 unspecified atom stereocenters. The minimum Gasteiger partial charge on any atom is -0.328 e. The van der Waals surface area contributed by atoms with Crippen LogP contribution >= 0.6 is 0 Å². The van der Waals surface area contributed by atoms with Gasteiger partial charge in [-0.15, -0.1) is 20.2 Å². The number of unbranched alkanes of at least 4 members (excludes halogenated alkanes) is 1. The van der Waals surface area contributed by atoms with Gasteiger partial charge in [0, 0.05) is 0 Å². The number of hydrogen-bond donors (Lipinski definition) is 1. The first-order chi connectivity index (χ1) is 7.43. The lowest BCUT2D eigenvalue weighted by Gasteiger charge is -2.11. The van der Waals surface area contributed by atoms with Crippen LogP contribution in [0.4, 0.5) is 0 Å². The summed E-state index contributed by atoms with van der Waals surface area (Å²) in [6, 6.07) is 0. The minimum absolute atomic E-state index is 0.253. The molecule has 0 aromatic rings. The van der Waals surface area contributed by atoms with Crippen LogP contribution in [0.25, 0.3) is 0 Å². The van der Waals surface area contributed by atoms with Gasteiger partial charge in [0.2, 0.25) is 0 Å². The highest BCUT2D eigenvalue weighted by molar-refractivity contribution is 4.54. The van der Waals surface area contributed by atoms with Crippen LogP contribution in [-0.2, 0) is 4.84 Å². The predicted octanol–water partition coefficient (Wildman–Crippen LogP) is 2.06. The van der Waals surface area contributed by atoms with Crippen molar-refractivity contribution < 1.29 is 20.2 Å². The molecule has 0 aliphatic carbocycles. The van der Waals surface area contributed by atoms with Gasteiger partial charge >= 0.3 is 0 Å². The standard InChI is InChI=1S/C8H17NO3.HNO3/c1-3-5-6-8(4-2)7-12-9(10)11;2-1(3)4/h8H,3-7H2,1-2H3;(H,2,3,4). The monoisotopic (exact) mass is 238 g/mol. The van der Waals surface area contributed by atoms with Crippen molar-refractivity contribution in [1.29, 1.82) is 0 Å². The molecular formula is C8H18N2O6. The van der Waals surface area contributed by atoms with Crippen LogP contribution < -0.4 is 0 Å². The summed E-state index contributed by atoms with van der Waals surface area (Å²) in [5.74, 6) is 0.343. The van der Waals surface area contributed by atoms with Gasteiger partial charge in [0.25, 0.3) is 10.2 Å². The Hall–Kier alpha value is -1.60. The van der Waals surface area contributed by atoms with Crippen molar-refractivity contribution in [2.45, 2.75) is 39.5 Å². The van der Waals surface area contributed by atoms with Gasteiger partial charge in [0.1, 0.15) is 0 Å². The van der Waals surface area contributed by atoms with Crippen molar-refractivity contribution in [3.63, 3.8) is 0 Å². The van der Waals surface area contributed by atoms with Gasteiger partial charge in [-0.1, -0.05) is 33.1 Å². The molecule has 0 rings (SSSR count). The zero-order chi connectivity index (χ0) is 13.0. The molecule has 8 nitrogen and oxygen atoms in total. The Morgan fingerprint density at radius 3 is 2.12 bits per heavy atom. The third-order valence-corrected chi connectivity index (χ3v) is 1.96. The second kappa shape index (κ2) is 11.5. The highest BCUT2D eigenvalue weighted by Crippen LogP contribution is 2.12. The Morgan fingerprint density at radius 2 is 1.81 bits per heavy atom. The molecule has 16 heavy (non-hydrogen) atoms. The fourth-order valence-electron chi connectivity index (χ4n) is 1.06. The van der Waals surface area contributed by atoms with E-state index >= 15 is 0 Å². The molecule has 0 aliphatic heterocycles. The quantitative estimate of drug-likeness (QED) is 0.536. The molecule has 0 amide bonds. The van der Waals surface area contributed by atoms with Crippen LogP contribution in [0, 0.1) is 26.1 Å². The summed E-state index contributed by atoms with van der Waals surface area (Å²) in [6.45, 7) is 4.40. The second-order valence-electron chi connectivity index (χ2n) is 3.17. The largest absolute Gasteiger partial charge is 0.328 e. The van der Waals surface area contributed by atoms with Crippen LogP contribution in [-0.4, -0.2) is 22.0 Å². The second-order valence-corrected chi connectivity index (χ2v) is 3.17.